The smallest absolute Gasteiger partial charge is 0.146 e. The van der Waals surface area contributed by atoms with Crippen LogP contribution in [0.25, 0.3) is 0 Å². The Balaban J connectivity index is 1.54. The minimum Gasteiger partial charge on any atom is -0.387 e. The van der Waals surface area contributed by atoms with Crippen LogP contribution in [0.2, 0.25) is 0 Å². The molecule has 2 aromatic rings. The lowest BCUT2D eigenvalue weighted by Gasteiger charge is -2.28. The number of nitrogens with zero attached hydrogens (tertiary/aromatic N) is 5. The molecule has 1 fully saturated rings. The van der Waals surface area contributed by atoms with Crippen molar-refractivity contribution >= 4 is 0 Å². The maximum atomic E-state index is 10.9. The third-order valence-electron chi connectivity index (χ3n) is 4.82. The van der Waals surface area contributed by atoms with Gasteiger partial charge in [0.25, 0.3) is 0 Å². The van der Waals surface area contributed by atoms with E-state index in [-0.39, 0.29) is 0 Å². The fourth-order valence-electron chi connectivity index (χ4n) is 3.43. The van der Waals surface area contributed by atoms with Crippen LogP contribution in [-0.2, 0) is 20.1 Å². The second kappa shape index (κ2) is 7.01. The Kier molecular flexibility index (Phi) is 4.99. The molecule has 1 aliphatic heterocycles. The van der Waals surface area contributed by atoms with E-state index in [9.17, 15) is 5.11 Å². The number of β-amino-alcohol motifs (C(OH)–C–C–N with tert-alkyl or cyclic N) is 1. The average molecular weight is 329 g/mol. The van der Waals surface area contributed by atoms with Crippen molar-refractivity contribution in [3.8, 4) is 0 Å². The summed E-state index contributed by atoms with van der Waals surface area (Å²) in [6, 6.07) is 10.4. The zero-order chi connectivity index (χ0) is 17.2. The first-order valence-electron chi connectivity index (χ1n) is 8.47. The molecule has 24 heavy (non-hydrogen) atoms. The molecular formula is C18H27N5O. The first kappa shape index (κ1) is 17.1. The zero-order valence-electron chi connectivity index (χ0n) is 14.8. The van der Waals surface area contributed by atoms with Crippen LogP contribution in [0.3, 0.4) is 0 Å². The summed E-state index contributed by atoms with van der Waals surface area (Å²) in [5, 5.41) is 19.2. The molecule has 0 unspecified atom stereocenters. The third-order valence-corrected chi connectivity index (χ3v) is 4.82. The molecule has 1 N–H and O–H groups in total. The van der Waals surface area contributed by atoms with Gasteiger partial charge in [-0.25, -0.2) is 0 Å². The van der Waals surface area contributed by atoms with Gasteiger partial charge < -0.3 is 9.67 Å². The number of benzene rings is 1. The van der Waals surface area contributed by atoms with Crippen LogP contribution in [0.4, 0.5) is 0 Å². The van der Waals surface area contributed by atoms with Gasteiger partial charge >= 0.3 is 0 Å². The highest BCUT2D eigenvalue weighted by atomic mass is 16.3. The maximum absolute atomic E-state index is 10.9. The molecular weight excluding hydrogens is 302 g/mol. The Morgan fingerprint density at radius 1 is 1.25 bits per heavy atom. The summed E-state index contributed by atoms with van der Waals surface area (Å²) < 4.78 is 2.00. The first-order chi connectivity index (χ1) is 11.5. The van der Waals surface area contributed by atoms with Crippen molar-refractivity contribution in [2.24, 2.45) is 7.05 Å². The summed E-state index contributed by atoms with van der Waals surface area (Å²) in [6.07, 6.45) is 0.808. The summed E-state index contributed by atoms with van der Waals surface area (Å²) in [4.78, 5) is 4.46. The van der Waals surface area contributed by atoms with E-state index in [1.807, 2.05) is 31.7 Å². The van der Waals surface area contributed by atoms with Gasteiger partial charge in [0.05, 0.1) is 12.1 Å². The molecule has 6 nitrogen and oxygen atoms in total. The van der Waals surface area contributed by atoms with Crippen molar-refractivity contribution in [3.05, 3.63) is 47.5 Å². The van der Waals surface area contributed by atoms with Crippen LogP contribution in [0.15, 0.2) is 30.3 Å². The Morgan fingerprint density at radius 3 is 2.67 bits per heavy atom. The molecule has 0 aliphatic carbocycles. The Hall–Kier alpha value is -1.76. The zero-order valence-corrected chi connectivity index (χ0v) is 14.8. The van der Waals surface area contributed by atoms with Crippen molar-refractivity contribution in [2.45, 2.75) is 32.0 Å². The van der Waals surface area contributed by atoms with Gasteiger partial charge in [0.2, 0.25) is 0 Å². The molecule has 0 saturated carbocycles. The Morgan fingerprint density at radius 2 is 2.00 bits per heavy atom. The topological polar surface area (TPSA) is 57.4 Å². The van der Waals surface area contributed by atoms with E-state index in [0.29, 0.717) is 19.6 Å². The fourth-order valence-corrected chi connectivity index (χ4v) is 3.43. The van der Waals surface area contributed by atoms with Crippen LogP contribution in [0, 0.1) is 6.92 Å². The normalized spacial score (nSPS) is 21.7. The summed E-state index contributed by atoms with van der Waals surface area (Å²) >= 11 is 0. The standard InChI is InChI=1S/C18H27N5O/c1-15-19-20-17(22(15)3)12-21(2)13-18(24)9-10-23(14-18)11-16-7-5-4-6-8-16/h4-8,24H,9-14H2,1-3H3/t18-/m1/s1. The molecule has 1 saturated heterocycles. The number of aromatic nitrogens is 3. The number of likely N-dealkylation sites (tertiary alicyclic amines) is 1. The van der Waals surface area contributed by atoms with Gasteiger partial charge in [0, 0.05) is 33.2 Å². The summed E-state index contributed by atoms with van der Waals surface area (Å²) in [6.45, 7) is 5.83. The second-order valence-corrected chi connectivity index (χ2v) is 7.07. The van der Waals surface area contributed by atoms with Gasteiger partial charge in [-0.2, -0.15) is 0 Å². The molecule has 0 bridgehead atoms. The lowest BCUT2D eigenvalue weighted by molar-refractivity contribution is 0.0154. The highest BCUT2D eigenvalue weighted by molar-refractivity contribution is 5.15. The predicted octanol–water partition coefficient (Wildman–Crippen LogP) is 1.19. The monoisotopic (exact) mass is 329 g/mol. The minimum atomic E-state index is -0.656. The van der Waals surface area contributed by atoms with Crippen molar-refractivity contribution in [3.63, 3.8) is 0 Å². The van der Waals surface area contributed by atoms with Crippen LogP contribution in [0.1, 0.15) is 23.6 Å². The van der Waals surface area contributed by atoms with Gasteiger partial charge in [0.15, 0.2) is 0 Å². The van der Waals surface area contributed by atoms with E-state index in [2.05, 4.69) is 44.3 Å². The number of hydrogen-bond donors (Lipinski definition) is 1. The highest BCUT2D eigenvalue weighted by Crippen LogP contribution is 2.24. The minimum absolute atomic E-state index is 0.643. The molecule has 0 radical (unpaired) electrons. The van der Waals surface area contributed by atoms with Crippen molar-refractivity contribution in [2.75, 3.05) is 26.7 Å². The van der Waals surface area contributed by atoms with Gasteiger partial charge in [-0.15, -0.1) is 10.2 Å². The molecule has 6 heteroatoms. The largest absolute Gasteiger partial charge is 0.387 e. The van der Waals surface area contributed by atoms with Crippen LogP contribution in [0.5, 0.6) is 0 Å². The van der Waals surface area contributed by atoms with E-state index in [4.69, 9.17) is 0 Å². The molecule has 1 aromatic heterocycles. The summed E-state index contributed by atoms with van der Waals surface area (Å²) in [5.74, 6) is 1.84. The molecule has 1 aliphatic rings. The molecule has 1 atom stereocenters. The molecule has 1 aromatic carbocycles. The van der Waals surface area contributed by atoms with E-state index in [1.54, 1.807) is 0 Å². The number of rotatable bonds is 6. The quantitative estimate of drug-likeness (QED) is 0.863. The van der Waals surface area contributed by atoms with Crippen LogP contribution < -0.4 is 0 Å². The van der Waals surface area contributed by atoms with Gasteiger partial charge in [-0.05, 0) is 26.0 Å². The van der Waals surface area contributed by atoms with Crippen LogP contribution >= 0.6 is 0 Å². The van der Waals surface area contributed by atoms with Gasteiger partial charge in [-0.1, -0.05) is 30.3 Å². The lowest BCUT2D eigenvalue weighted by Crippen LogP contribution is -2.43. The van der Waals surface area contributed by atoms with Crippen molar-refractivity contribution in [1.29, 1.82) is 0 Å². The number of hydrogen-bond acceptors (Lipinski definition) is 5. The van der Waals surface area contributed by atoms with E-state index >= 15 is 0 Å². The van der Waals surface area contributed by atoms with Crippen molar-refractivity contribution in [1.82, 2.24) is 24.6 Å². The highest BCUT2D eigenvalue weighted by Gasteiger charge is 2.36. The number of likely N-dealkylation sites (N-methyl/N-ethyl adjacent to an activating group) is 1. The van der Waals surface area contributed by atoms with Crippen molar-refractivity contribution < 1.29 is 5.11 Å². The van der Waals surface area contributed by atoms with Gasteiger partial charge in [0.1, 0.15) is 11.6 Å². The second-order valence-electron chi connectivity index (χ2n) is 7.07. The lowest BCUT2D eigenvalue weighted by atomic mass is 10.0. The molecule has 0 amide bonds. The van der Waals surface area contributed by atoms with Crippen LogP contribution in [-0.4, -0.2) is 62.0 Å². The average Bonchev–Trinajstić information content (AvgIpc) is 3.05. The first-order valence-corrected chi connectivity index (χ1v) is 8.47. The van der Waals surface area contributed by atoms with Gasteiger partial charge in [-0.3, -0.25) is 9.80 Å². The molecule has 130 valence electrons. The number of aryl methyl sites for hydroxylation is 1. The summed E-state index contributed by atoms with van der Waals surface area (Å²) in [5.41, 5.74) is 0.640. The number of aliphatic hydroxyl groups is 1. The predicted molar refractivity (Wildman–Crippen MR) is 93.4 cm³/mol. The molecule has 0 spiro atoms. The fraction of sp³-hybridized carbons (Fsp3) is 0.556. The third kappa shape index (κ3) is 4.01. The van der Waals surface area contributed by atoms with E-state index in [0.717, 1.165) is 31.2 Å². The van der Waals surface area contributed by atoms with E-state index in [1.165, 1.54) is 5.56 Å². The van der Waals surface area contributed by atoms with E-state index < -0.39 is 5.60 Å². The SMILES string of the molecule is Cc1nnc(CN(C)C[C@]2(O)CCN(Cc3ccccc3)C2)n1C. The molecule has 3 rings (SSSR count). The maximum Gasteiger partial charge on any atom is 0.146 e. The Labute approximate surface area is 143 Å². The summed E-state index contributed by atoms with van der Waals surface area (Å²) in [7, 11) is 4.01. The Bertz CT molecular complexity index is 671. The molecule has 2 heterocycles.